The Morgan fingerprint density at radius 1 is 1.20 bits per heavy atom. The van der Waals surface area contributed by atoms with E-state index in [9.17, 15) is 5.11 Å². The van der Waals surface area contributed by atoms with Crippen molar-refractivity contribution in [2.45, 2.75) is 38.8 Å². The van der Waals surface area contributed by atoms with Gasteiger partial charge < -0.3 is 15.3 Å². The summed E-state index contributed by atoms with van der Waals surface area (Å²) in [6.45, 7) is 7.25. The second-order valence-corrected chi connectivity index (χ2v) is 5.40. The van der Waals surface area contributed by atoms with Crippen LogP contribution in [0.15, 0.2) is 0 Å². The molecule has 0 aromatic rings. The van der Waals surface area contributed by atoms with Crippen molar-refractivity contribution in [2.75, 3.05) is 26.3 Å². The van der Waals surface area contributed by atoms with Gasteiger partial charge in [-0.05, 0) is 13.3 Å². The molecule has 1 aliphatic rings. The van der Waals surface area contributed by atoms with Crippen LogP contribution in [0.3, 0.4) is 0 Å². The van der Waals surface area contributed by atoms with Gasteiger partial charge in [0.2, 0.25) is 0 Å². The third kappa shape index (κ3) is 2.50. The average Bonchev–Trinajstić information content (AvgIpc) is 2.13. The van der Waals surface area contributed by atoms with E-state index in [4.69, 9.17) is 10.2 Å². The zero-order valence-corrected chi connectivity index (χ0v) is 9.90. The van der Waals surface area contributed by atoms with Crippen molar-refractivity contribution in [3.8, 4) is 0 Å². The predicted molar refractivity (Wildman–Crippen MR) is 58.6 cm³/mol. The van der Waals surface area contributed by atoms with Crippen LogP contribution in [0.4, 0.5) is 0 Å². The van der Waals surface area contributed by atoms with Gasteiger partial charge in [0, 0.05) is 18.5 Å². The summed E-state index contributed by atoms with van der Waals surface area (Å²) in [6, 6.07) is -0.194. The molecule has 1 heterocycles. The number of aliphatic hydroxyl groups is 3. The van der Waals surface area contributed by atoms with Crippen LogP contribution in [0.5, 0.6) is 0 Å². The molecule has 0 aromatic carbocycles. The highest BCUT2D eigenvalue weighted by Gasteiger charge is 2.45. The predicted octanol–water partition coefficient (Wildman–Crippen LogP) is -0.178. The number of aliphatic hydroxyl groups excluding tert-OH is 2. The number of rotatable bonds is 3. The fourth-order valence-electron chi connectivity index (χ4n) is 2.06. The summed E-state index contributed by atoms with van der Waals surface area (Å²) in [5, 5.41) is 28.4. The molecule has 0 saturated carbocycles. The molecule has 4 heteroatoms. The molecule has 1 rings (SSSR count). The number of piperidine rings is 1. The minimum Gasteiger partial charge on any atom is -0.395 e. The van der Waals surface area contributed by atoms with E-state index in [0.29, 0.717) is 13.0 Å². The topological polar surface area (TPSA) is 63.9 Å². The van der Waals surface area contributed by atoms with Crippen LogP contribution in [0, 0.1) is 5.41 Å². The summed E-state index contributed by atoms with van der Waals surface area (Å²) in [4.78, 5) is 2.05. The summed E-state index contributed by atoms with van der Waals surface area (Å²) >= 11 is 0. The van der Waals surface area contributed by atoms with E-state index in [-0.39, 0.29) is 24.7 Å². The molecule has 0 bridgehead atoms. The largest absolute Gasteiger partial charge is 0.395 e. The monoisotopic (exact) mass is 217 g/mol. The molecule has 1 saturated heterocycles. The first kappa shape index (κ1) is 12.9. The van der Waals surface area contributed by atoms with E-state index in [0.717, 1.165) is 6.54 Å². The molecule has 1 aliphatic heterocycles. The summed E-state index contributed by atoms with van der Waals surface area (Å²) < 4.78 is 0. The summed E-state index contributed by atoms with van der Waals surface area (Å²) in [5.41, 5.74) is -0.882. The molecule has 1 fully saturated rings. The highest BCUT2D eigenvalue weighted by molar-refractivity contribution is 4.97. The van der Waals surface area contributed by atoms with Gasteiger partial charge in [0.05, 0.1) is 24.9 Å². The van der Waals surface area contributed by atoms with Crippen LogP contribution in [-0.4, -0.2) is 58.2 Å². The molecular weight excluding hydrogens is 194 g/mol. The highest BCUT2D eigenvalue weighted by atomic mass is 16.3. The standard InChI is InChI=1S/C11H23NO3/c1-10(2)8-12(9(6-13)7-14)5-4-11(10,3)15/h9,13-15H,4-8H2,1-3H3/t11-/m1/s1. The van der Waals surface area contributed by atoms with Crippen LogP contribution in [0.25, 0.3) is 0 Å². The fraction of sp³-hybridized carbons (Fsp3) is 1.00. The first-order valence-corrected chi connectivity index (χ1v) is 5.52. The van der Waals surface area contributed by atoms with Crippen molar-refractivity contribution in [3.63, 3.8) is 0 Å². The quantitative estimate of drug-likeness (QED) is 0.614. The maximum absolute atomic E-state index is 10.2. The zero-order valence-electron chi connectivity index (χ0n) is 9.90. The molecule has 0 radical (unpaired) electrons. The van der Waals surface area contributed by atoms with Crippen molar-refractivity contribution >= 4 is 0 Å². The minimum absolute atomic E-state index is 0.0330. The number of nitrogens with zero attached hydrogens (tertiary/aromatic N) is 1. The first-order valence-electron chi connectivity index (χ1n) is 5.52. The Kier molecular flexibility index (Phi) is 3.76. The molecule has 90 valence electrons. The van der Waals surface area contributed by atoms with Gasteiger partial charge in [0.1, 0.15) is 0 Å². The lowest BCUT2D eigenvalue weighted by molar-refractivity contribution is -0.119. The zero-order chi connectivity index (χ0) is 11.7. The lowest BCUT2D eigenvalue weighted by atomic mass is 9.71. The Balaban J connectivity index is 2.69. The normalized spacial score (nSPS) is 32.2. The van der Waals surface area contributed by atoms with Crippen LogP contribution < -0.4 is 0 Å². The molecule has 0 amide bonds. The summed E-state index contributed by atoms with van der Waals surface area (Å²) in [5.74, 6) is 0. The van der Waals surface area contributed by atoms with Crippen LogP contribution in [-0.2, 0) is 0 Å². The van der Waals surface area contributed by atoms with Crippen molar-refractivity contribution in [2.24, 2.45) is 5.41 Å². The van der Waals surface area contributed by atoms with Crippen LogP contribution in [0.2, 0.25) is 0 Å². The summed E-state index contributed by atoms with van der Waals surface area (Å²) in [7, 11) is 0. The lowest BCUT2D eigenvalue weighted by Gasteiger charge is -2.50. The maximum atomic E-state index is 10.2. The van der Waals surface area contributed by atoms with Gasteiger partial charge in [-0.3, -0.25) is 4.90 Å². The van der Waals surface area contributed by atoms with Gasteiger partial charge in [-0.1, -0.05) is 13.8 Å². The Labute approximate surface area is 91.5 Å². The van der Waals surface area contributed by atoms with Crippen LogP contribution >= 0.6 is 0 Å². The van der Waals surface area contributed by atoms with Gasteiger partial charge >= 0.3 is 0 Å². The first-order chi connectivity index (χ1) is 6.84. The second-order valence-electron chi connectivity index (χ2n) is 5.40. The molecule has 0 unspecified atom stereocenters. The number of hydrogen-bond acceptors (Lipinski definition) is 4. The third-order valence-corrected chi connectivity index (χ3v) is 3.88. The smallest absolute Gasteiger partial charge is 0.0694 e. The fourth-order valence-corrected chi connectivity index (χ4v) is 2.06. The molecule has 0 spiro atoms. The van der Waals surface area contributed by atoms with Gasteiger partial charge in [-0.25, -0.2) is 0 Å². The SMILES string of the molecule is CC1(C)CN(C(CO)CO)CC[C@@]1(C)O. The lowest BCUT2D eigenvalue weighted by Crippen LogP contribution is -2.59. The Bertz CT molecular complexity index is 212. The second kappa shape index (κ2) is 4.37. The molecule has 0 aliphatic carbocycles. The van der Waals surface area contributed by atoms with Gasteiger partial charge in [0.25, 0.3) is 0 Å². The molecule has 3 N–H and O–H groups in total. The van der Waals surface area contributed by atoms with E-state index in [1.54, 1.807) is 0 Å². The summed E-state index contributed by atoms with van der Waals surface area (Å²) in [6.07, 6.45) is 0.677. The van der Waals surface area contributed by atoms with Crippen LogP contribution in [0.1, 0.15) is 27.2 Å². The average molecular weight is 217 g/mol. The van der Waals surface area contributed by atoms with E-state index in [1.165, 1.54) is 0 Å². The minimum atomic E-state index is -0.668. The Morgan fingerprint density at radius 3 is 2.13 bits per heavy atom. The van der Waals surface area contributed by atoms with Crippen molar-refractivity contribution in [1.82, 2.24) is 4.90 Å². The van der Waals surface area contributed by atoms with Crippen molar-refractivity contribution < 1.29 is 15.3 Å². The van der Waals surface area contributed by atoms with E-state index in [2.05, 4.69) is 4.90 Å². The molecular formula is C11H23NO3. The maximum Gasteiger partial charge on any atom is 0.0694 e. The van der Waals surface area contributed by atoms with Gasteiger partial charge in [-0.2, -0.15) is 0 Å². The Morgan fingerprint density at radius 2 is 1.73 bits per heavy atom. The van der Waals surface area contributed by atoms with Crippen molar-refractivity contribution in [3.05, 3.63) is 0 Å². The van der Waals surface area contributed by atoms with E-state index >= 15 is 0 Å². The van der Waals surface area contributed by atoms with E-state index in [1.807, 2.05) is 20.8 Å². The van der Waals surface area contributed by atoms with Gasteiger partial charge in [-0.15, -0.1) is 0 Å². The third-order valence-electron chi connectivity index (χ3n) is 3.88. The highest BCUT2D eigenvalue weighted by Crippen LogP contribution is 2.38. The van der Waals surface area contributed by atoms with Crippen molar-refractivity contribution in [1.29, 1.82) is 0 Å². The Hall–Kier alpha value is -0.160. The number of hydrogen-bond donors (Lipinski definition) is 3. The molecule has 15 heavy (non-hydrogen) atoms. The van der Waals surface area contributed by atoms with E-state index < -0.39 is 5.60 Å². The molecule has 0 aromatic heterocycles. The van der Waals surface area contributed by atoms with Gasteiger partial charge in [0.15, 0.2) is 0 Å². The molecule has 4 nitrogen and oxygen atoms in total. The number of likely N-dealkylation sites (tertiary alicyclic amines) is 1. The molecule has 1 atom stereocenters.